The maximum Gasteiger partial charge on any atom is 0.322 e. The van der Waals surface area contributed by atoms with Gasteiger partial charge in [-0.05, 0) is 37.1 Å². The Morgan fingerprint density at radius 1 is 1.23 bits per heavy atom. The summed E-state index contributed by atoms with van der Waals surface area (Å²) < 4.78 is 0. The fourth-order valence-corrected chi connectivity index (χ4v) is 3.20. The number of benzene rings is 1. The zero-order valence-corrected chi connectivity index (χ0v) is 15.2. The molecular weight excluding hydrogens is 328 g/mol. The van der Waals surface area contributed by atoms with Crippen LogP contribution in [0.25, 0.3) is 0 Å². The molecule has 1 N–H and O–H groups in total. The van der Waals surface area contributed by atoms with Crippen molar-refractivity contribution in [2.45, 2.75) is 25.8 Å². The summed E-state index contributed by atoms with van der Waals surface area (Å²) in [5.41, 5.74) is 3.03. The van der Waals surface area contributed by atoms with Crippen LogP contribution >= 0.6 is 0 Å². The number of hydrogen-bond acceptors (Lipinski definition) is 3. The van der Waals surface area contributed by atoms with Gasteiger partial charge < -0.3 is 10.2 Å². The van der Waals surface area contributed by atoms with Gasteiger partial charge in [-0.1, -0.05) is 24.3 Å². The van der Waals surface area contributed by atoms with Gasteiger partial charge in [0.15, 0.2) is 0 Å². The Morgan fingerprint density at radius 3 is 2.77 bits per heavy atom. The molecule has 1 aromatic carbocycles. The van der Waals surface area contributed by atoms with Crippen LogP contribution in [0.5, 0.6) is 0 Å². The van der Waals surface area contributed by atoms with E-state index in [4.69, 9.17) is 0 Å². The molecule has 0 radical (unpaired) electrons. The van der Waals surface area contributed by atoms with Crippen LogP contribution in [0.2, 0.25) is 0 Å². The van der Waals surface area contributed by atoms with Crippen molar-refractivity contribution in [3.8, 4) is 0 Å². The van der Waals surface area contributed by atoms with E-state index in [1.165, 1.54) is 0 Å². The summed E-state index contributed by atoms with van der Waals surface area (Å²) in [6.45, 7) is 2.57. The average Bonchev–Trinajstić information content (AvgIpc) is 3.00. The Hall–Kier alpha value is -2.89. The fourth-order valence-electron chi connectivity index (χ4n) is 3.20. The molecule has 3 amide bonds. The van der Waals surface area contributed by atoms with E-state index in [0.29, 0.717) is 13.0 Å². The molecule has 1 unspecified atom stereocenters. The number of amides is 3. The molecule has 0 spiro atoms. The zero-order valence-electron chi connectivity index (χ0n) is 15.2. The number of anilines is 1. The second-order valence-electron chi connectivity index (χ2n) is 6.60. The highest BCUT2D eigenvalue weighted by atomic mass is 16.2. The SMILES string of the molecule is CC1Cc2ccccc2N1C(=O)NCC(=O)N(C)CCc1ccccn1. The summed E-state index contributed by atoms with van der Waals surface area (Å²) in [6, 6.07) is 13.5. The third-order valence-corrected chi connectivity index (χ3v) is 4.67. The van der Waals surface area contributed by atoms with Crippen LogP contribution in [0.1, 0.15) is 18.2 Å². The van der Waals surface area contributed by atoms with Crippen molar-refractivity contribution in [3.63, 3.8) is 0 Å². The number of likely N-dealkylation sites (N-methyl/N-ethyl adjacent to an activating group) is 1. The molecular formula is C20H24N4O2. The van der Waals surface area contributed by atoms with Crippen molar-refractivity contribution < 1.29 is 9.59 Å². The predicted octanol–water partition coefficient (Wildman–Crippen LogP) is 2.24. The second kappa shape index (κ2) is 7.99. The van der Waals surface area contributed by atoms with E-state index in [0.717, 1.165) is 23.4 Å². The first kappa shape index (κ1) is 17.9. The first-order valence-electron chi connectivity index (χ1n) is 8.85. The zero-order chi connectivity index (χ0) is 18.5. The Bertz CT molecular complexity index is 778. The molecule has 136 valence electrons. The molecule has 0 aliphatic carbocycles. The summed E-state index contributed by atoms with van der Waals surface area (Å²) in [4.78, 5) is 32.4. The average molecular weight is 352 g/mol. The lowest BCUT2D eigenvalue weighted by Gasteiger charge is -2.24. The largest absolute Gasteiger partial charge is 0.344 e. The minimum atomic E-state index is -0.228. The van der Waals surface area contributed by atoms with E-state index in [2.05, 4.69) is 10.3 Å². The molecule has 1 aromatic heterocycles. The van der Waals surface area contributed by atoms with Gasteiger partial charge in [0.2, 0.25) is 5.91 Å². The van der Waals surface area contributed by atoms with E-state index in [-0.39, 0.29) is 24.5 Å². The van der Waals surface area contributed by atoms with Gasteiger partial charge in [0.25, 0.3) is 0 Å². The third kappa shape index (κ3) is 4.02. The number of pyridine rings is 1. The van der Waals surface area contributed by atoms with E-state index in [1.807, 2.05) is 49.4 Å². The fraction of sp³-hybridized carbons (Fsp3) is 0.350. The van der Waals surface area contributed by atoms with Crippen LogP contribution < -0.4 is 10.2 Å². The van der Waals surface area contributed by atoms with Gasteiger partial charge in [0, 0.05) is 43.6 Å². The van der Waals surface area contributed by atoms with Gasteiger partial charge >= 0.3 is 6.03 Å². The molecule has 6 nitrogen and oxygen atoms in total. The number of nitrogens with one attached hydrogen (secondary N) is 1. The quantitative estimate of drug-likeness (QED) is 0.897. The van der Waals surface area contributed by atoms with Gasteiger partial charge in [0.1, 0.15) is 0 Å². The minimum Gasteiger partial charge on any atom is -0.344 e. The van der Waals surface area contributed by atoms with Crippen LogP contribution in [-0.2, 0) is 17.6 Å². The van der Waals surface area contributed by atoms with Crippen molar-refractivity contribution in [2.75, 3.05) is 25.0 Å². The normalized spacial score (nSPS) is 15.5. The number of para-hydroxylation sites is 1. The first-order chi connectivity index (χ1) is 12.6. The Labute approximate surface area is 153 Å². The first-order valence-corrected chi connectivity index (χ1v) is 8.85. The number of hydrogen-bond donors (Lipinski definition) is 1. The van der Waals surface area contributed by atoms with Crippen molar-refractivity contribution in [3.05, 3.63) is 59.9 Å². The topological polar surface area (TPSA) is 65.5 Å². The summed E-state index contributed by atoms with van der Waals surface area (Å²) in [5, 5.41) is 2.75. The van der Waals surface area contributed by atoms with Crippen LogP contribution in [0, 0.1) is 0 Å². The minimum absolute atomic E-state index is 0.0110. The van der Waals surface area contributed by atoms with Crippen molar-refractivity contribution in [1.29, 1.82) is 0 Å². The van der Waals surface area contributed by atoms with Crippen LogP contribution in [0.15, 0.2) is 48.7 Å². The highest BCUT2D eigenvalue weighted by molar-refractivity contribution is 5.96. The highest BCUT2D eigenvalue weighted by Crippen LogP contribution is 2.31. The Morgan fingerprint density at radius 2 is 2.00 bits per heavy atom. The molecule has 1 aliphatic rings. The number of fused-ring (bicyclic) bond motifs is 1. The van der Waals surface area contributed by atoms with Crippen molar-refractivity contribution in [1.82, 2.24) is 15.2 Å². The van der Waals surface area contributed by atoms with Crippen molar-refractivity contribution in [2.24, 2.45) is 0 Å². The van der Waals surface area contributed by atoms with Gasteiger partial charge in [-0.15, -0.1) is 0 Å². The lowest BCUT2D eigenvalue weighted by Crippen LogP contribution is -2.47. The van der Waals surface area contributed by atoms with Gasteiger partial charge in [-0.3, -0.25) is 14.7 Å². The number of carbonyl (C=O) groups excluding carboxylic acids is 2. The third-order valence-electron chi connectivity index (χ3n) is 4.67. The molecule has 3 rings (SSSR count). The Kier molecular flexibility index (Phi) is 5.51. The molecule has 2 aromatic rings. The van der Waals surface area contributed by atoms with Gasteiger partial charge in [0.05, 0.1) is 6.54 Å². The molecule has 6 heteroatoms. The molecule has 0 bridgehead atoms. The molecule has 0 saturated carbocycles. The number of carbonyl (C=O) groups is 2. The summed E-state index contributed by atoms with van der Waals surface area (Å²) >= 11 is 0. The molecule has 1 atom stereocenters. The molecule has 26 heavy (non-hydrogen) atoms. The smallest absolute Gasteiger partial charge is 0.322 e. The monoisotopic (exact) mass is 352 g/mol. The number of rotatable bonds is 5. The van der Waals surface area contributed by atoms with Crippen molar-refractivity contribution >= 4 is 17.6 Å². The van der Waals surface area contributed by atoms with Crippen LogP contribution in [0.4, 0.5) is 10.5 Å². The molecule has 0 saturated heterocycles. The Balaban J connectivity index is 1.50. The number of nitrogens with zero attached hydrogens (tertiary/aromatic N) is 3. The van der Waals surface area contributed by atoms with Gasteiger partial charge in [-0.25, -0.2) is 4.79 Å². The second-order valence-corrected chi connectivity index (χ2v) is 6.60. The lowest BCUT2D eigenvalue weighted by molar-refractivity contribution is -0.128. The van der Waals surface area contributed by atoms with Crippen LogP contribution in [-0.4, -0.2) is 48.0 Å². The van der Waals surface area contributed by atoms with E-state index in [1.54, 1.807) is 23.0 Å². The van der Waals surface area contributed by atoms with E-state index < -0.39 is 0 Å². The molecule has 0 fully saturated rings. The maximum absolute atomic E-state index is 12.6. The summed E-state index contributed by atoms with van der Waals surface area (Å²) in [5.74, 6) is -0.116. The van der Waals surface area contributed by atoms with Gasteiger partial charge in [-0.2, -0.15) is 0 Å². The highest BCUT2D eigenvalue weighted by Gasteiger charge is 2.30. The lowest BCUT2D eigenvalue weighted by atomic mass is 10.1. The van der Waals surface area contributed by atoms with Crippen LogP contribution in [0.3, 0.4) is 0 Å². The predicted molar refractivity (Wildman–Crippen MR) is 101 cm³/mol. The number of urea groups is 1. The van der Waals surface area contributed by atoms with E-state index >= 15 is 0 Å². The maximum atomic E-state index is 12.6. The summed E-state index contributed by atoms with van der Waals surface area (Å²) in [7, 11) is 1.74. The standard InChI is InChI=1S/C20H24N4O2/c1-15-13-16-7-3-4-9-18(16)24(15)20(26)22-14-19(25)23(2)12-10-17-8-5-6-11-21-17/h3-9,11,15H,10,12-14H2,1-2H3,(H,22,26). The number of aromatic nitrogens is 1. The summed E-state index contributed by atoms with van der Waals surface area (Å²) in [6.07, 6.45) is 3.27. The molecule has 1 aliphatic heterocycles. The molecule has 2 heterocycles. The van der Waals surface area contributed by atoms with E-state index in [9.17, 15) is 9.59 Å².